The van der Waals surface area contributed by atoms with Gasteiger partial charge in [-0.25, -0.2) is 9.37 Å². The van der Waals surface area contributed by atoms with E-state index in [-0.39, 0.29) is 5.82 Å². The minimum Gasteiger partial charge on any atom is -0.359 e. The average molecular weight is 250 g/mol. The van der Waals surface area contributed by atoms with E-state index in [0.29, 0.717) is 6.04 Å². The summed E-state index contributed by atoms with van der Waals surface area (Å²) in [5.74, 6) is -0.212. The first kappa shape index (κ1) is 12.0. The Kier molecular flexibility index (Phi) is 3.43. The monoisotopic (exact) mass is 250 g/mol. The molecule has 0 unspecified atom stereocenters. The normalized spacial score (nSPS) is 10.9. The summed E-state index contributed by atoms with van der Waals surface area (Å²) in [5.41, 5.74) is 1.99. The summed E-state index contributed by atoms with van der Waals surface area (Å²) >= 11 is 1.60. The lowest BCUT2D eigenvalue weighted by Crippen LogP contribution is -2.08. The highest BCUT2D eigenvalue weighted by molar-refractivity contribution is 7.19. The fourth-order valence-electron chi connectivity index (χ4n) is 1.57. The van der Waals surface area contributed by atoms with Crippen molar-refractivity contribution in [2.45, 2.75) is 26.8 Å². The summed E-state index contributed by atoms with van der Waals surface area (Å²) in [6.45, 7) is 6.13. The van der Waals surface area contributed by atoms with Crippen LogP contribution in [0.1, 0.15) is 19.5 Å². The van der Waals surface area contributed by atoms with E-state index in [0.717, 1.165) is 21.3 Å². The Morgan fingerprint density at radius 3 is 2.47 bits per heavy atom. The van der Waals surface area contributed by atoms with Gasteiger partial charge in [-0.2, -0.15) is 0 Å². The molecule has 0 atom stereocenters. The van der Waals surface area contributed by atoms with Crippen LogP contribution in [0.15, 0.2) is 24.3 Å². The van der Waals surface area contributed by atoms with Crippen molar-refractivity contribution in [2.75, 3.05) is 5.32 Å². The molecule has 4 heteroatoms. The van der Waals surface area contributed by atoms with E-state index in [2.05, 4.69) is 24.1 Å². The van der Waals surface area contributed by atoms with Crippen molar-refractivity contribution >= 4 is 16.5 Å². The van der Waals surface area contributed by atoms with E-state index in [9.17, 15) is 4.39 Å². The Hall–Kier alpha value is -1.42. The first-order chi connectivity index (χ1) is 8.06. The van der Waals surface area contributed by atoms with Gasteiger partial charge in [-0.15, -0.1) is 0 Å². The minimum absolute atomic E-state index is 0.212. The zero-order valence-electron chi connectivity index (χ0n) is 10.1. The molecule has 0 fully saturated rings. The number of benzene rings is 1. The van der Waals surface area contributed by atoms with Gasteiger partial charge < -0.3 is 5.32 Å². The van der Waals surface area contributed by atoms with Gasteiger partial charge in [-0.3, -0.25) is 0 Å². The van der Waals surface area contributed by atoms with Gasteiger partial charge in [-0.1, -0.05) is 23.5 Å². The Morgan fingerprint density at radius 1 is 1.24 bits per heavy atom. The molecule has 1 heterocycles. The second-order valence-corrected chi connectivity index (χ2v) is 5.24. The predicted octanol–water partition coefficient (Wildman–Crippen LogP) is 4.08. The summed E-state index contributed by atoms with van der Waals surface area (Å²) in [6.07, 6.45) is 0. The lowest BCUT2D eigenvalue weighted by molar-refractivity contribution is 0.628. The maximum atomic E-state index is 12.9. The zero-order chi connectivity index (χ0) is 12.4. The van der Waals surface area contributed by atoms with Crippen LogP contribution >= 0.6 is 11.3 Å². The Labute approximate surface area is 105 Å². The van der Waals surface area contributed by atoms with Gasteiger partial charge in [0, 0.05) is 6.04 Å². The molecule has 1 aromatic heterocycles. The molecule has 0 spiro atoms. The number of halogens is 1. The third kappa shape index (κ3) is 2.82. The van der Waals surface area contributed by atoms with E-state index in [1.807, 2.05) is 6.92 Å². The molecule has 0 aliphatic heterocycles. The average Bonchev–Trinajstić information content (AvgIpc) is 2.59. The van der Waals surface area contributed by atoms with Crippen LogP contribution in [0.25, 0.3) is 10.4 Å². The Bertz CT molecular complexity index is 503. The highest BCUT2D eigenvalue weighted by Gasteiger charge is 2.10. The molecular weight excluding hydrogens is 235 g/mol. The van der Waals surface area contributed by atoms with Gasteiger partial charge in [0.05, 0.1) is 10.6 Å². The Morgan fingerprint density at radius 2 is 1.88 bits per heavy atom. The van der Waals surface area contributed by atoms with E-state index < -0.39 is 0 Å². The Balaban J connectivity index is 2.32. The van der Waals surface area contributed by atoms with Crippen molar-refractivity contribution in [3.8, 4) is 10.4 Å². The van der Waals surface area contributed by atoms with Crippen molar-refractivity contribution in [1.29, 1.82) is 0 Å². The summed E-state index contributed by atoms with van der Waals surface area (Å²) in [7, 11) is 0. The van der Waals surface area contributed by atoms with Gasteiger partial charge in [0.25, 0.3) is 0 Å². The zero-order valence-corrected chi connectivity index (χ0v) is 10.9. The van der Waals surface area contributed by atoms with Crippen molar-refractivity contribution in [3.05, 3.63) is 35.8 Å². The second kappa shape index (κ2) is 4.84. The number of aromatic nitrogens is 1. The third-order valence-electron chi connectivity index (χ3n) is 2.32. The lowest BCUT2D eigenvalue weighted by atomic mass is 10.1. The first-order valence-corrected chi connectivity index (χ1v) is 6.38. The number of nitrogens with one attached hydrogen (secondary N) is 1. The van der Waals surface area contributed by atoms with Gasteiger partial charge >= 0.3 is 0 Å². The van der Waals surface area contributed by atoms with Crippen LogP contribution in [0.4, 0.5) is 9.52 Å². The van der Waals surface area contributed by atoms with Crippen LogP contribution in [0.3, 0.4) is 0 Å². The smallest absolute Gasteiger partial charge is 0.183 e. The first-order valence-electron chi connectivity index (χ1n) is 5.56. The summed E-state index contributed by atoms with van der Waals surface area (Å²) in [6, 6.07) is 6.89. The highest BCUT2D eigenvalue weighted by Crippen LogP contribution is 2.32. The number of nitrogens with zero attached hydrogens (tertiary/aromatic N) is 1. The summed E-state index contributed by atoms with van der Waals surface area (Å²) < 4.78 is 12.9. The van der Waals surface area contributed by atoms with Crippen LogP contribution in [0, 0.1) is 12.7 Å². The number of thiazole rings is 1. The molecule has 0 saturated carbocycles. The third-order valence-corrected chi connectivity index (χ3v) is 3.45. The molecule has 2 aromatic rings. The number of aryl methyl sites for hydroxylation is 1. The summed E-state index contributed by atoms with van der Waals surface area (Å²) in [4.78, 5) is 5.55. The number of anilines is 1. The lowest BCUT2D eigenvalue weighted by Gasteiger charge is -2.04. The molecule has 0 aliphatic carbocycles. The molecule has 0 bridgehead atoms. The number of rotatable bonds is 3. The fraction of sp³-hybridized carbons (Fsp3) is 0.308. The predicted molar refractivity (Wildman–Crippen MR) is 71.0 cm³/mol. The molecule has 90 valence electrons. The van der Waals surface area contributed by atoms with Crippen LogP contribution < -0.4 is 5.32 Å². The van der Waals surface area contributed by atoms with Crippen molar-refractivity contribution < 1.29 is 4.39 Å². The van der Waals surface area contributed by atoms with E-state index >= 15 is 0 Å². The molecule has 2 rings (SSSR count). The van der Waals surface area contributed by atoms with E-state index in [4.69, 9.17) is 0 Å². The minimum atomic E-state index is -0.212. The van der Waals surface area contributed by atoms with Crippen LogP contribution in [-0.4, -0.2) is 11.0 Å². The number of hydrogen-bond donors (Lipinski definition) is 1. The van der Waals surface area contributed by atoms with Gasteiger partial charge in [0.1, 0.15) is 5.82 Å². The standard InChI is InChI=1S/C13H15FN2S/c1-8(2)15-13-16-9(3)12(17-13)10-4-6-11(14)7-5-10/h4-8H,1-3H3,(H,15,16). The molecule has 1 aromatic carbocycles. The quantitative estimate of drug-likeness (QED) is 0.888. The van der Waals surface area contributed by atoms with Gasteiger partial charge in [0.2, 0.25) is 0 Å². The molecule has 0 saturated heterocycles. The number of hydrogen-bond acceptors (Lipinski definition) is 3. The van der Waals surface area contributed by atoms with Gasteiger partial charge in [-0.05, 0) is 38.5 Å². The topological polar surface area (TPSA) is 24.9 Å². The van der Waals surface area contributed by atoms with Crippen molar-refractivity contribution in [2.24, 2.45) is 0 Å². The molecular formula is C13H15FN2S. The largest absolute Gasteiger partial charge is 0.359 e. The van der Waals surface area contributed by atoms with Crippen LogP contribution in [0.5, 0.6) is 0 Å². The van der Waals surface area contributed by atoms with E-state index in [1.54, 1.807) is 23.5 Å². The fourth-order valence-corrected chi connectivity index (χ4v) is 2.69. The maximum absolute atomic E-state index is 12.9. The SMILES string of the molecule is Cc1nc(NC(C)C)sc1-c1ccc(F)cc1. The van der Waals surface area contributed by atoms with E-state index in [1.165, 1.54) is 12.1 Å². The van der Waals surface area contributed by atoms with Gasteiger partial charge in [0.15, 0.2) is 5.13 Å². The molecule has 0 aliphatic rings. The maximum Gasteiger partial charge on any atom is 0.183 e. The summed E-state index contributed by atoms with van der Waals surface area (Å²) in [5, 5.41) is 4.19. The second-order valence-electron chi connectivity index (χ2n) is 4.24. The van der Waals surface area contributed by atoms with Crippen molar-refractivity contribution in [3.63, 3.8) is 0 Å². The van der Waals surface area contributed by atoms with Crippen LogP contribution in [0.2, 0.25) is 0 Å². The molecule has 17 heavy (non-hydrogen) atoms. The van der Waals surface area contributed by atoms with Crippen LogP contribution in [-0.2, 0) is 0 Å². The molecule has 2 nitrogen and oxygen atoms in total. The highest BCUT2D eigenvalue weighted by atomic mass is 32.1. The molecule has 0 amide bonds. The van der Waals surface area contributed by atoms with Crippen molar-refractivity contribution in [1.82, 2.24) is 4.98 Å². The molecule has 1 N–H and O–H groups in total. The molecule has 0 radical (unpaired) electrons.